The van der Waals surface area contributed by atoms with E-state index in [1.807, 2.05) is 24.3 Å². The Kier molecular flexibility index (Phi) is 4.19. The predicted molar refractivity (Wildman–Crippen MR) is 104 cm³/mol. The number of nitrogens with zero attached hydrogens (tertiary/aromatic N) is 2. The van der Waals surface area contributed by atoms with Crippen molar-refractivity contribution in [2.24, 2.45) is 0 Å². The maximum Gasteiger partial charge on any atom is 0.275 e. The molecule has 1 aromatic heterocycles. The first-order valence-electron chi connectivity index (χ1n) is 8.44. The number of sulfonamides is 1. The number of aromatic hydroxyl groups is 1. The van der Waals surface area contributed by atoms with Gasteiger partial charge in [-0.25, -0.2) is 8.42 Å². The number of carbonyl (C=O) groups is 1. The van der Waals surface area contributed by atoms with E-state index in [2.05, 4.69) is 10.3 Å². The van der Waals surface area contributed by atoms with E-state index in [0.29, 0.717) is 24.0 Å². The molecule has 0 saturated carbocycles. The summed E-state index contributed by atoms with van der Waals surface area (Å²) < 4.78 is 25.5. The van der Waals surface area contributed by atoms with Crippen LogP contribution in [0, 0.1) is 0 Å². The molecule has 8 heteroatoms. The Labute approximate surface area is 156 Å². The largest absolute Gasteiger partial charge is 0.506 e. The first kappa shape index (κ1) is 17.3. The lowest BCUT2D eigenvalue weighted by Crippen LogP contribution is -2.25. The molecule has 4 rings (SSSR count). The Morgan fingerprint density at radius 1 is 1.15 bits per heavy atom. The molecule has 0 atom stereocenters. The number of benzene rings is 2. The summed E-state index contributed by atoms with van der Waals surface area (Å²) in [6.45, 7) is 0.380. The molecule has 1 saturated heterocycles. The van der Waals surface area contributed by atoms with Gasteiger partial charge in [0.15, 0.2) is 0 Å². The molecule has 0 unspecified atom stereocenters. The smallest absolute Gasteiger partial charge is 0.275 e. The van der Waals surface area contributed by atoms with Gasteiger partial charge in [0.25, 0.3) is 5.91 Å². The van der Waals surface area contributed by atoms with Crippen molar-refractivity contribution >= 4 is 38.1 Å². The first-order valence-corrected chi connectivity index (χ1v) is 10.1. The van der Waals surface area contributed by atoms with Gasteiger partial charge in [-0.3, -0.25) is 14.1 Å². The number of rotatable bonds is 3. The van der Waals surface area contributed by atoms with E-state index >= 15 is 0 Å². The Morgan fingerprint density at radius 2 is 1.96 bits per heavy atom. The third-order valence-electron chi connectivity index (χ3n) is 4.50. The highest BCUT2D eigenvalue weighted by Crippen LogP contribution is 2.32. The van der Waals surface area contributed by atoms with Crippen molar-refractivity contribution in [2.75, 3.05) is 21.9 Å². The van der Waals surface area contributed by atoms with Crippen molar-refractivity contribution in [1.29, 1.82) is 0 Å². The van der Waals surface area contributed by atoms with Crippen LogP contribution in [-0.2, 0) is 10.0 Å². The Balaban J connectivity index is 1.68. The first-order chi connectivity index (χ1) is 13.0. The lowest BCUT2D eigenvalue weighted by atomic mass is 10.1. The minimum Gasteiger partial charge on any atom is -0.506 e. The molecule has 7 nitrogen and oxygen atoms in total. The van der Waals surface area contributed by atoms with Gasteiger partial charge in [0.2, 0.25) is 10.0 Å². The Morgan fingerprint density at radius 3 is 2.74 bits per heavy atom. The number of amides is 1. The summed E-state index contributed by atoms with van der Waals surface area (Å²) in [5.74, 6) is -0.539. The van der Waals surface area contributed by atoms with Gasteiger partial charge < -0.3 is 10.4 Å². The van der Waals surface area contributed by atoms with Crippen molar-refractivity contribution in [3.8, 4) is 5.75 Å². The van der Waals surface area contributed by atoms with Gasteiger partial charge in [-0.2, -0.15) is 0 Å². The number of phenolic OH excluding ortho intramolecular Hbond substituents is 1. The van der Waals surface area contributed by atoms with Crippen LogP contribution in [0.1, 0.15) is 16.9 Å². The number of anilines is 2. The molecular weight excluding hydrogens is 366 g/mol. The van der Waals surface area contributed by atoms with Gasteiger partial charge in [-0.1, -0.05) is 24.3 Å². The monoisotopic (exact) mass is 383 g/mol. The highest BCUT2D eigenvalue weighted by molar-refractivity contribution is 7.93. The van der Waals surface area contributed by atoms with E-state index in [1.54, 1.807) is 12.3 Å². The van der Waals surface area contributed by atoms with E-state index < -0.39 is 15.9 Å². The number of carbonyl (C=O) groups excluding carboxylic acids is 1. The molecule has 2 N–H and O–H groups in total. The molecule has 2 aromatic carbocycles. The van der Waals surface area contributed by atoms with Gasteiger partial charge in [-0.05, 0) is 36.1 Å². The van der Waals surface area contributed by atoms with Crippen LogP contribution in [0.3, 0.4) is 0 Å². The summed E-state index contributed by atoms with van der Waals surface area (Å²) in [5, 5.41) is 14.3. The fourth-order valence-corrected chi connectivity index (χ4v) is 4.75. The second kappa shape index (κ2) is 6.55. The van der Waals surface area contributed by atoms with E-state index in [0.717, 1.165) is 5.39 Å². The summed E-state index contributed by atoms with van der Waals surface area (Å²) in [5.41, 5.74) is 0.771. The van der Waals surface area contributed by atoms with Gasteiger partial charge >= 0.3 is 0 Å². The minimum atomic E-state index is -3.35. The maximum atomic E-state index is 12.7. The zero-order valence-corrected chi connectivity index (χ0v) is 15.1. The molecule has 27 heavy (non-hydrogen) atoms. The number of hydrogen-bond acceptors (Lipinski definition) is 5. The quantitative estimate of drug-likeness (QED) is 0.678. The van der Waals surface area contributed by atoms with Crippen molar-refractivity contribution in [1.82, 2.24) is 4.98 Å². The van der Waals surface area contributed by atoms with Crippen molar-refractivity contribution < 1.29 is 18.3 Å². The van der Waals surface area contributed by atoms with Crippen LogP contribution in [0.2, 0.25) is 0 Å². The molecule has 138 valence electrons. The van der Waals surface area contributed by atoms with E-state index in [-0.39, 0.29) is 22.9 Å². The van der Waals surface area contributed by atoms with Crippen LogP contribution in [-0.4, -0.2) is 36.7 Å². The van der Waals surface area contributed by atoms with Gasteiger partial charge in [0, 0.05) is 18.1 Å². The SMILES string of the molecule is O=C(Nc1cc(N2CCCS2(=O)=O)ccc1O)c1nccc2ccccc12. The fraction of sp³-hybridized carbons (Fsp3) is 0.158. The molecule has 1 aliphatic heterocycles. The van der Waals surface area contributed by atoms with Crippen molar-refractivity contribution in [3.05, 3.63) is 60.4 Å². The number of aromatic nitrogens is 1. The topological polar surface area (TPSA) is 99.6 Å². The lowest BCUT2D eigenvalue weighted by molar-refractivity contribution is 0.102. The Bertz CT molecular complexity index is 1140. The van der Waals surface area contributed by atoms with Crippen LogP contribution >= 0.6 is 0 Å². The molecule has 1 aliphatic rings. The highest BCUT2D eigenvalue weighted by Gasteiger charge is 2.29. The van der Waals surface area contributed by atoms with Crippen LogP contribution < -0.4 is 9.62 Å². The number of phenols is 1. The normalized spacial score (nSPS) is 15.8. The van der Waals surface area contributed by atoms with Gasteiger partial charge in [0.1, 0.15) is 11.4 Å². The molecule has 3 aromatic rings. The summed E-state index contributed by atoms with van der Waals surface area (Å²) in [7, 11) is -3.35. The summed E-state index contributed by atoms with van der Waals surface area (Å²) in [6.07, 6.45) is 2.09. The lowest BCUT2D eigenvalue weighted by Gasteiger charge is -2.18. The zero-order valence-electron chi connectivity index (χ0n) is 14.3. The standard InChI is InChI=1S/C19H17N3O4S/c23-17-7-6-14(22-10-3-11-27(22,25)26)12-16(17)21-19(24)18-15-5-2-1-4-13(15)8-9-20-18/h1-2,4-9,12,23H,3,10-11H2,(H,21,24). The summed E-state index contributed by atoms with van der Waals surface area (Å²) >= 11 is 0. The molecule has 0 spiro atoms. The molecule has 0 bridgehead atoms. The van der Waals surface area contributed by atoms with Gasteiger partial charge in [0.05, 0.1) is 17.1 Å². The minimum absolute atomic E-state index is 0.0928. The van der Waals surface area contributed by atoms with Gasteiger partial charge in [-0.15, -0.1) is 0 Å². The van der Waals surface area contributed by atoms with Crippen LogP contribution in [0.25, 0.3) is 10.8 Å². The van der Waals surface area contributed by atoms with Crippen molar-refractivity contribution in [2.45, 2.75) is 6.42 Å². The highest BCUT2D eigenvalue weighted by atomic mass is 32.2. The molecule has 1 amide bonds. The van der Waals surface area contributed by atoms with E-state index in [9.17, 15) is 18.3 Å². The second-order valence-electron chi connectivity index (χ2n) is 6.28. The third kappa shape index (κ3) is 3.19. The number of fused-ring (bicyclic) bond motifs is 1. The predicted octanol–water partition coefficient (Wildman–Crippen LogP) is 2.73. The number of pyridine rings is 1. The molecule has 0 radical (unpaired) electrons. The second-order valence-corrected chi connectivity index (χ2v) is 8.29. The molecule has 1 fully saturated rings. The average molecular weight is 383 g/mol. The maximum absolute atomic E-state index is 12.7. The van der Waals surface area contributed by atoms with Crippen LogP contribution in [0.15, 0.2) is 54.7 Å². The molecule has 2 heterocycles. The summed E-state index contributed by atoms with van der Waals surface area (Å²) in [4.78, 5) is 16.9. The Hall–Kier alpha value is -3.13. The number of hydrogen-bond donors (Lipinski definition) is 2. The van der Waals surface area contributed by atoms with Crippen molar-refractivity contribution in [3.63, 3.8) is 0 Å². The molecular formula is C19H17N3O4S. The van der Waals surface area contributed by atoms with E-state index in [4.69, 9.17) is 0 Å². The molecule has 0 aliphatic carbocycles. The van der Waals surface area contributed by atoms with Crippen LogP contribution in [0.4, 0.5) is 11.4 Å². The average Bonchev–Trinajstić information content (AvgIpc) is 3.02. The summed E-state index contributed by atoms with van der Waals surface area (Å²) in [6, 6.07) is 13.5. The number of nitrogens with one attached hydrogen (secondary N) is 1. The van der Waals surface area contributed by atoms with E-state index in [1.165, 1.54) is 22.5 Å². The fourth-order valence-electron chi connectivity index (χ4n) is 3.19. The zero-order chi connectivity index (χ0) is 19.0. The third-order valence-corrected chi connectivity index (χ3v) is 6.37. The van der Waals surface area contributed by atoms with Crippen LogP contribution in [0.5, 0.6) is 5.75 Å².